The molecular formula is C22H26NO9P. The van der Waals surface area contributed by atoms with Gasteiger partial charge in [0.1, 0.15) is 12.4 Å². The number of hydrogen-bond acceptors (Lipinski definition) is 7. The summed E-state index contributed by atoms with van der Waals surface area (Å²) in [7, 11) is -3.53. The molecule has 0 aliphatic rings. The SMILES string of the molecule is O=C(O)COc1ccc(CP(=O)(O)CCCC(=O)OCNC(=O)OCc2ccccc2)cc1. The Labute approximate surface area is 190 Å². The van der Waals surface area contributed by atoms with E-state index >= 15 is 0 Å². The fourth-order valence-electron chi connectivity index (χ4n) is 2.69. The number of carbonyl (C=O) groups is 3. The van der Waals surface area contributed by atoms with Gasteiger partial charge in [0, 0.05) is 18.7 Å². The number of benzene rings is 2. The van der Waals surface area contributed by atoms with Crippen molar-refractivity contribution in [2.24, 2.45) is 0 Å². The number of carboxylic acid groups (broad SMARTS) is 1. The topological polar surface area (TPSA) is 148 Å². The predicted molar refractivity (Wildman–Crippen MR) is 118 cm³/mol. The predicted octanol–water partition coefficient (Wildman–Crippen LogP) is 3.13. The van der Waals surface area contributed by atoms with E-state index in [0.717, 1.165) is 5.56 Å². The maximum atomic E-state index is 12.4. The van der Waals surface area contributed by atoms with Crippen LogP contribution in [0.2, 0.25) is 0 Å². The van der Waals surface area contributed by atoms with Gasteiger partial charge in [-0.15, -0.1) is 0 Å². The van der Waals surface area contributed by atoms with Crippen molar-refractivity contribution in [3.63, 3.8) is 0 Å². The standard InChI is InChI=1S/C22H26NO9P/c24-20(25)14-30-19-10-8-18(9-11-19)15-33(28,29)12-4-7-21(26)32-16-23-22(27)31-13-17-5-2-1-3-6-17/h1-3,5-6,8-11H,4,7,12-16H2,(H,23,27)(H,24,25)(H,28,29). The van der Waals surface area contributed by atoms with E-state index in [2.05, 4.69) is 5.32 Å². The lowest BCUT2D eigenvalue weighted by Gasteiger charge is -2.12. The van der Waals surface area contributed by atoms with Gasteiger partial charge in [-0.3, -0.25) is 14.7 Å². The number of carbonyl (C=O) groups excluding carboxylic acids is 2. The molecule has 3 N–H and O–H groups in total. The smallest absolute Gasteiger partial charge is 0.410 e. The molecule has 0 aliphatic heterocycles. The minimum Gasteiger partial charge on any atom is -0.482 e. The summed E-state index contributed by atoms with van der Waals surface area (Å²) in [6, 6.07) is 15.3. The number of aliphatic carboxylic acids is 1. The molecular weight excluding hydrogens is 453 g/mol. The maximum absolute atomic E-state index is 12.4. The molecule has 0 fully saturated rings. The highest BCUT2D eigenvalue weighted by Crippen LogP contribution is 2.45. The number of ether oxygens (including phenoxy) is 3. The average Bonchev–Trinajstić information content (AvgIpc) is 2.77. The van der Waals surface area contributed by atoms with Gasteiger partial charge < -0.3 is 24.2 Å². The Kier molecular flexibility index (Phi) is 10.4. The zero-order valence-corrected chi connectivity index (χ0v) is 18.7. The normalized spacial score (nSPS) is 12.3. The highest BCUT2D eigenvalue weighted by atomic mass is 31.2. The molecule has 0 aliphatic carbocycles. The largest absolute Gasteiger partial charge is 0.482 e. The van der Waals surface area contributed by atoms with Gasteiger partial charge in [-0.05, 0) is 29.7 Å². The van der Waals surface area contributed by atoms with Crippen LogP contribution in [0.5, 0.6) is 5.75 Å². The van der Waals surface area contributed by atoms with Crippen LogP contribution in [0.25, 0.3) is 0 Å². The molecule has 33 heavy (non-hydrogen) atoms. The Morgan fingerprint density at radius 1 is 0.939 bits per heavy atom. The fraction of sp³-hybridized carbons (Fsp3) is 0.318. The van der Waals surface area contributed by atoms with Crippen LogP contribution in [0.3, 0.4) is 0 Å². The zero-order chi connectivity index (χ0) is 24.1. The lowest BCUT2D eigenvalue weighted by Crippen LogP contribution is -2.28. The summed E-state index contributed by atoms with van der Waals surface area (Å²) in [6.45, 7) is -0.748. The van der Waals surface area contributed by atoms with Crippen LogP contribution in [0.15, 0.2) is 54.6 Å². The zero-order valence-electron chi connectivity index (χ0n) is 17.8. The van der Waals surface area contributed by atoms with Gasteiger partial charge in [0.2, 0.25) is 7.37 Å². The Morgan fingerprint density at radius 3 is 2.30 bits per heavy atom. The van der Waals surface area contributed by atoms with Gasteiger partial charge in [0.25, 0.3) is 0 Å². The highest BCUT2D eigenvalue weighted by Gasteiger charge is 2.19. The minimum absolute atomic E-state index is 0.0761. The van der Waals surface area contributed by atoms with Gasteiger partial charge in [-0.25, -0.2) is 9.59 Å². The van der Waals surface area contributed by atoms with Crippen LogP contribution in [-0.2, 0) is 36.4 Å². The van der Waals surface area contributed by atoms with Gasteiger partial charge in [-0.1, -0.05) is 42.5 Å². The first-order valence-corrected chi connectivity index (χ1v) is 12.1. The molecule has 0 radical (unpaired) electrons. The molecule has 1 amide bonds. The second-order valence-electron chi connectivity index (χ2n) is 7.06. The van der Waals surface area contributed by atoms with Crippen LogP contribution < -0.4 is 10.1 Å². The van der Waals surface area contributed by atoms with Crippen molar-refractivity contribution in [1.82, 2.24) is 5.32 Å². The maximum Gasteiger partial charge on any atom is 0.410 e. The molecule has 0 spiro atoms. The van der Waals surface area contributed by atoms with E-state index in [0.29, 0.717) is 11.3 Å². The first kappa shape index (κ1) is 25.9. The Morgan fingerprint density at radius 2 is 1.64 bits per heavy atom. The van der Waals surface area contributed by atoms with E-state index < -0.39 is 32.0 Å². The number of alkyl carbamates (subject to hydrolysis) is 1. The van der Waals surface area contributed by atoms with Crippen LogP contribution in [0.4, 0.5) is 4.79 Å². The number of rotatable bonds is 13. The quantitative estimate of drug-likeness (QED) is 0.224. The molecule has 0 bridgehead atoms. The summed E-state index contributed by atoms with van der Waals surface area (Å²) in [5.41, 5.74) is 1.41. The second kappa shape index (κ2) is 13.2. The third kappa shape index (κ3) is 11.2. The number of nitrogens with one attached hydrogen (secondary N) is 1. The monoisotopic (exact) mass is 479 g/mol. The van der Waals surface area contributed by atoms with Gasteiger partial charge in [0.05, 0.1) is 0 Å². The Hall–Kier alpha value is -3.36. The van der Waals surface area contributed by atoms with E-state index in [9.17, 15) is 23.8 Å². The molecule has 0 heterocycles. The summed E-state index contributed by atoms with van der Waals surface area (Å²) in [5.74, 6) is -1.37. The molecule has 10 nitrogen and oxygen atoms in total. The lowest BCUT2D eigenvalue weighted by atomic mass is 10.2. The summed E-state index contributed by atoms with van der Waals surface area (Å²) in [4.78, 5) is 44.0. The van der Waals surface area contributed by atoms with Crippen molar-refractivity contribution >= 4 is 25.4 Å². The Bertz CT molecular complexity index is 964. The highest BCUT2D eigenvalue weighted by molar-refractivity contribution is 7.57. The van der Waals surface area contributed by atoms with E-state index in [4.69, 9.17) is 19.3 Å². The molecule has 2 aromatic rings. The van der Waals surface area contributed by atoms with Crippen molar-refractivity contribution in [2.45, 2.75) is 25.6 Å². The second-order valence-corrected chi connectivity index (χ2v) is 9.51. The molecule has 0 aromatic heterocycles. The van der Waals surface area contributed by atoms with Crippen molar-refractivity contribution in [3.05, 3.63) is 65.7 Å². The van der Waals surface area contributed by atoms with Crippen LogP contribution >= 0.6 is 7.37 Å². The van der Waals surface area contributed by atoms with Gasteiger partial charge in [0.15, 0.2) is 13.3 Å². The molecule has 178 valence electrons. The number of esters is 1. The van der Waals surface area contributed by atoms with Crippen molar-refractivity contribution in [1.29, 1.82) is 0 Å². The van der Waals surface area contributed by atoms with Crippen molar-refractivity contribution in [2.75, 3.05) is 19.5 Å². The van der Waals surface area contributed by atoms with Crippen molar-refractivity contribution in [3.8, 4) is 5.75 Å². The average molecular weight is 479 g/mol. The Balaban J connectivity index is 1.61. The molecule has 11 heteroatoms. The summed E-state index contributed by atoms with van der Waals surface area (Å²) >= 11 is 0. The first-order chi connectivity index (χ1) is 15.7. The van der Waals surface area contributed by atoms with Crippen LogP contribution in [0.1, 0.15) is 24.0 Å². The fourth-order valence-corrected chi connectivity index (χ4v) is 4.28. The number of amides is 1. The number of hydrogen-bond donors (Lipinski definition) is 3. The summed E-state index contributed by atoms with van der Waals surface area (Å²) < 4.78 is 27.2. The first-order valence-electron chi connectivity index (χ1n) is 10.1. The van der Waals surface area contributed by atoms with Crippen LogP contribution in [-0.4, -0.2) is 47.5 Å². The van der Waals surface area contributed by atoms with Gasteiger partial charge >= 0.3 is 18.0 Å². The van der Waals surface area contributed by atoms with Gasteiger partial charge in [-0.2, -0.15) is 0 Å². The summed E-state index contributed by atoms with van der Waals surface area (Å²) in [6.07, 6.45) is -0.828. The molecule has 2 rings (SSSR count). The molecule has 1 unspecified atom stereocenters. The molecule has 2 aromatic carbocycles. The summed E-state index contributed by atoms with van der Waals surface area (Å²) in [5, 5.41) is 10.9. The van der Waals surface area contributed by atoms with E-state index in [1.165, 1.54) is 12.1 Å². The lowest BCUT2D eigenvalue weighted by molar-refractivity contribution is -0.144. The third-order valence-electron chi connectivity index (χ3n) is 4.27. The molecule has 0 saturated heterocycles. The molecule has 1 atom stereocenters. The van der Waals surface area contributed by atoms with E-state index in [1.807, 2.05) is 18.2 Å². The van der Waals surface area contributed by atoms with E-state index in [-0.39, 0.29) is 38.5 Å². The third-order valence-corrected chi connectivity index (χ3v) is 6.14. The van der Waals surface area contributed by atoms with E-state index in [1.54, 1.807) is 24.3 Å². The number of carboxylic acids is 1. The van der Waals surface area contributed by atoms with Crippen molar-refractivity contribution < 1.29 is 43.2 Å². The molecule has 0 saturated carbocycles. The van der Waals surface area contributed by atoms with Crippen LogP contribution in [0, 0.1) is 0 Å². The minimum atomic E-state index is -3.53.